The Morgan fingerprint density at radius 3 is 1.50 bits per heavy atom. The highest BCUT2D eigenvalue weighted by Gasteiger charge is 2.22. The first-order valence-electron chi connectivity index (χ1n) is 12.8. The maximum absolute atomic E-state index is 12.1. The topological polar surface area (TPSA) is 147 Å². The average molecular weight is 589 g/mol. The van der Waals surface area contributed by atoms with Crippen LogP contribution < -0.4 is 19.3 Å². The summed E-state index contributed by atoms with van der Waals surface area (Å²) in [6, 6.07) is 8.39. The Hall–Kier alpha value is -4.81. The van der Waals surface area contributed by atoms with Crippen LogP contribution in [0.5, 0.6) is 11.5 Å². The zero-order chi connectivity index (χ0) is 31.2. The van der Waals surface area contributed by atoms with Gasteiger partial charge in [-0.15, -0.1) is 0 Å². The van der Waals surface area contributed by atoms with Crippen molar-refractivity contribution in [3.8, 4) is 11.5 Å². The monoisotopic (exact) mass is 588 g/mol. The van der Waals surface area contributed by atoms with Gasteiger partial charge >= 0.3 is 23.9 Å². The summed E-state index contributed by atoms with van der Waals surface area (Å²) < 4.78 is 31.0. The standard InChI is InChI=1S/C29H36N2O11/c1-19-7-8-22(30(14-26(33)37-3)15-27(34)38-4)24(11-19)41-9-10-42-25-13-21(18-32)20(2)12-23(25)31(16-28(35)39-5)17-29(36)40-6/h7-8,11-13,18H,9-10,14-17H2,1-6H3. The number of carbonyl (C=O) groups excluding carboxylic acids is 5. The molecule has 0 atom stereocenters. The van der Waals surface area contributed by atoms with E-state index in [1.165, 1.54) is 44.3 Å². The quantitative estimate of drug-likeness (QED) is 0.122. The molecule has 2 rings (SSSR count). The van der Waals surface area contributed by atoms with Gasteiger partial charge < -0.3 is 38.2 Å². The third-order valence-electron chi connectivity index (χ3n) is 6.06. The van der Waals surface area contributed by atoms with Gasteiger partial charge in [0.1, 0.15) is 57.2 Å². The van der Waals surface area contributed by atoms with Crippen molar-refractivity contribution >= 4 is 41.5 Å². The molecule has 2 aromatic carbocycles. The smallest absolute Gasteiger partial charge is 0.325 e. The van der Waals surface area contributed by atoms with Crippen molar-refractivity contribution in [2.45, 2.75) is 13.8 Å². The van der Waals surface area contributed by atoms with Crippen LogP contribution in [0.1, 0.15) is 21.5 Å². The van der Waals surface area contributed by atoms with Crippen LogP contribution in [-0.2, 0) is 38.1 Å². The molecule has 228 valence electrons. The number of methoxy groups -OCH3 is 4. The van der Waals surface area contributed by atoms with E-state index in [2.05, 4.69) is 0 Å². The Labute approximate surface area is 244 Å². The predicted molar refractivity (Wildman–Crippen MR) is 151 cm³/mol. The molecule has 0 fully saturated rings. The first-order chi connectivity index (χ1) is 20.1. The molecule has 2 aromatic rings. The molecule has 0 N–H and O–H groups in total. The van der Waals surface area contributed by atoms with E-state index in [4.69, 9.17) is 28.4 Å². The summed E-state index contributed by atoms with van der Waals surface area (Å²) in [7, 11) is 4.95. The molecule has 0 saturated heterocycles. The SMILES string of the molecule is COC(=O)CN(CC(=O)OC)c1ccc(C)cc1OCCOc1cc(C=O)c(C)cc1N(CC(=O)OC)CC(=O)OC. The van der Waals surface area contributed by atoms with Gasteiger partial charge in [0, 0.05) is 5.56 Å². The number of nitrogens with zero attached hydrogens (tertiary/aromatic N) is 2. The van der Waals surface area contributed by atoms with Crippen LogP contribution in [0.2, 0.25) is 0 Å². The Morgan fingerprint density at radius 1 is 0.643 bits per heavy atom. The van der Waals surface area contributed by atoms with Crippen LogP contribution in [0.4, 0.5) is 11.4 Å². The Kier molecular flexibility index (Phi) is 13.1. The summed E-state index contributed by atoms with van der Waals surface area (Å²) in [4.78, 5) is 62.8. The number of benzene rings is 2. The van der Waals surface area contributed by atoms with E-state index < -0.39 is 23.9 Å². The van der Waals surface area contributed by atoms with Gasteiger partial charge in [-0.05, 0) is 49.2 Å². The molecule has 0 heterocycles. The van der Waals surface area contributed by atoms with Gasteiger partial charge in [-0.3, -0.25) is 24.0 Å². The van der Waals surface area contributed by atoms with Crippen LogP contribution in [0.15, 0.2) is 30.3 Å². The van der Waals surface area contributed by atoms with Crippen LogP contribution in [-0.4, -0.2) is 98.0 Å². The normalized spacial score (nSPS) is 10.2. The molecule has 0 aliphatic carbocycles. The highest BCUT2D eigenvalue weighted by Crippen LogP contribution is 2.33. The molecule has 0 aliphatic rings. The second-order valence-electron chi connectivity index (χ2n) is 8.98. The molecule has 0 aliphatic heterocycles. The van der Waals surface area contributed by atoms with Crippen LogP contribution >= 0.6 is 0 Å². The highest BCUT2D eigenvalue weighted by molar-refractivity contribution is 5.86. The maximum Gasteiger partial charge on any atom is 0.325 e. The molecule has 0 bridgehead atoms. The van der Waals surface area contributed by atoms with E-state index in [-0.39, 0.29) is 45.1 Å². The molecule has 0 spiro atoms. The van der Waals surface area contributed by atoms with Crippen LogP contribution in [0, 0.1) is 13.8 Å². The molecular weight excluding hydrogens is 552 g/mol. The number of ether oxygens (including phenoxy) is 6. The predicted octanol–water partition coefficient (Wildman–Crippen LogP) is 1.88. The van der Waals surface area contributed by atoms with Crippen LogP contribution in [0.25, 0.3) is 0 Å². The van der Waals surface area contributed by atoms with Crippen molar-refractivity contribution in [2.75, 3.05) is 77.6 Å². The Bertz CT molecular complexity index is 1240. The Balaban J connectivity index is 2.32. The van der Waals surface area contributed by atoms with Crippen molar-refractivity contribution in [1.82, 2.24) is 0 Å². The number of rotatable bonds is 16. The van der Waals surface area contributed by atoms with Gasteiger partial charge in [0.2, 0.25) is 0 Å². The molecule has 0 saturated carbocycles. The van der Waals surface area contributed by atoms with E-state index in [0.29, 0.717) is 34.5 Å². The Morgan fingerprint density at radius 2 is 1.07 bits per heavy atom. The molecule has 0 unspecified atom stereocenters. The summed E-state index contributed by atoms with van der Waals surface area (Å²) in [6.07, 6.45) is 0.670. The number of carbonyl (C=O) groups is 5. The van der Waals surface area contributed by atoms with Gasteiger partial charge in [-0.1, -0.05) is 6.07 Å². The first-order valence-corrected chi connectivity index (χ1v) is 12.8. The largest absolute Gasteiger partial charge is 0.488 e. The minimum Gasteiger partial charge on any atom is -0.488 e. The van der Waals surface area contributed by atoms with E-state index in [9.17, 15) is 24.0 Å². The molecule has 13 heteroatoms. The summed E-state index contributed by atoms with van der Waals surface area (Å²) >= 11 is 0. The van der Waals surface area contributed by atoms with E-state index in [0.717, 1.165) is 5.56 Å². The molecule has 0 aromatic heterocycles. The summed E-state index contributed by atoms with van der Waals surface area (Å²) in [6.45, 7) is 2.57. The number of hydrogen-bond acceptors (Lipinski definition) is 13. The lowest BCUT2D eigenvalue weighted by atomic mass is 10.1. The van der Waals surface area contributed by atoms with Gasteiger partial charge in [0.05, 0.1) is 39.8 Å². The van der Waals surface area contributed by atoms with Crippen molar-refractivity contribution < 1.29 is 52.4 Å². The van der Waals surface area contributed by atoms with Gasteiger partial charge in [0.15, 0.2) is 0 Å². The van der Waals surface area contributed by atoms with Crippen molar-refractivity contribution in [2.24, 2.45) is 0 Å². The van der Waals surface area contributed by atoms with Gasteiger partial charge in [0.25, 0.3) is 0 Å². The first kappa shape index (κ1) is 33.4. The summed E-state index contributed by atoms with van der Waals surface area (Å²) in [5.74, 6) is -1.71. The fourth-order valence-electron chi connectivity index (χ4n) is 3.81. The number of hydrogen-bond donors (Lipinski definition) is 0. The average Bonchev–Trinajstić information content (AvgIpc) is 2.98. The molecule has 13 nitrogen and oxygen atoms in total. The maximum atomic E-state index is 12.1. The van der Waals surface area contributed by atoms with Gasteiger partial charge in [-0.25, -0.2) is 0 Å². The number of aldehydes is 1. The van der Waals surface area contributed by atoms with Gasteiger partial charge in [-0.2, -0.15) is 0 Å². The number of esters is 4. The minimum atomic E-state index is -0.597. The minimum absolute atomic E-state index is 0.0124. The second-order valence-corrected chi connectivity index (χ2v) is 8.98. The van der Waals surface area contributed by atoms with E-state index in [1.807, 2.05) is 6.92 Å². The van der Waals surface area contributed by atoms with Crippen molar-refractivity contribution in [1.29, 1.82) is 0 Å². The lowest BCUT2D eigenvalue weighted by Gasteiger charge is -2.26. The van der Waals surface area contributed by atoms with Crippen LogP contribution in [0.3, 0.4) is 0 Å². The lowest BCUT2D eigenvalue weighted by Crippen LogP contribution is -2.36. The fraction of sp³-hybridized carbons (Fsp3) is 0.414. The molecule has 42 heavy (non-hydrogen) atoms. The molecular formula is C29H36N2O11. The summed E-state index contributed by atoms with van der Waals surface area (Å²) in [5, 5.41) is 0. The lowest BCUT2D eigenvalue weighted by molar-refractivity contribution is -0.141. The summed E-state index contributed by atoms with van der Waals surface area (Å²) in [5.41, 5.74) is 2.64. The van der Waals surface area contributed by atoms with Crippen molar-refractivity contribution in [3.63, 3.8) is 0 Å². The zero-order valence-electron chi connectivity index (χ0n) is 24.6. The second kappa shape index (κ2) is 16.5. The van der Waals surface area contributed by atoms with E-state index >= 15 is 0 Å². The molecule has 0 amide bonds. The highest BCUT2D eigenvalue weighted by atomic mass is 16.5. The number of anilines is 2. The fourth-order valence-corrected chi connectivity index (χ4v) is 3.81. The molecule has 0 radical (unpaired) electrons. The van der Waals surface area contributed by atoms with E-state index in [1.54, 1.807) is 31.2 Å². The third kappa shape index (κ3) is 9.68. The van der Waals surface area contributed by atoms with Crippen molar-refractivity contribution in [3.05, 3.63) is 47.0 Å². The third-order valence-corrected chi connectivity index (χ3v) is 6.06. The zero-order valence-corrected chi connectivity index (χ0v) is 24.6. The number of aryl methyl sites for hydroxylation is 2.